The summed E-state index contributed by atoms with van der Waals surface area (Å²) >= 11 is 1.62. The van der Waals surface area contributed by atoms with Crippen LogP contribution in [0.1, 0.15) is 25.8 Å². The normalized spacial score (nSPS) is 20.7. The Morgan fingerprint density at radius 1 is 1.53 bits per heavy atom. The second kappa shape index (κ2) is 4.62. The van der Waals surface area contributed by atoms with Crippen molar-refractivity contribution in [2.45, 2.75) is 25.2 Å². The van der Waals surface area contributed by atoms with Crippen LogP contribution in [-0.4, -0.2) is 12.8 Å². The molecule has 1 saturated carbocycles. The Balaban J connectivity index is 2.08. The van der Waals surface area contributed by atoms with Gasteiger partial charge in [-0.1, -0.05) is 19.9 Å². The van der Waals surface area contributed by atoms with E-state index < -0.39 is 0 Å². The van der Waals surface area contributed by atoms with E-state index in [9.17, 15) is 5.26 Å². The van der Waals surface area contributed by atoms with Gasteiger partial charge in [0.25, 0.3) is 0 Å². The van der Waals surface area contributed by atoms with Gasteiger partial charge < -0.3 is 5.32 Å². The lowest BCUT2D eigenvalue weighted by Crippen LogP contribution is -2.08. The van der Waals surface area contributed by atoms with Crippen molar-refractivity contribution in [3.63, 3.8) is 0 Å². The smallest absolute Gasteiger partial charge is 0.102 e. The fraction of sp³-hybridized carbons (Fsp3) is 0.500. The van der Waals surface area contributed by atoms with E-state index in [4.69, 9.17) is 0 Å². The summed E-state index contributed by atoms with van der Waals surface area (Å²) in [6.45, 7) is 5.56. The van der Waals surface area contributed by atoms with Gasteiger partial charge in [-0.3, -0.25) is 0 Å². The molecule has 0 amide bonds. The van der Waals surface area contributed by atoms with E-state index >= 15 is 0 Å². The van der Waals surface area contributed by atoms with E-state index in [1.165, 1.54) is 6.42 Å². The van der Waals surface area contributed by atoms with Gasteiger partial charge in [-0.25, -0.2) is 0 Å². The number of rotatable bonds is 4. The highest BCUT2D eigenvalue weighted by molar-refractivity contribution is 7.98. The maximum absolute atomic E-state index is 9.21. The molecule has 1 unspecified atom stereocenters. The van der Waals surface area contributed by atoms with Gasteiger partial charge in [-0.15, -0.1) is 11.8 Å². The van der Waals surface area contributed by atoms with Gasteiger partial charge in [0.1, 0.15) is 6.07 Å². The van der Waals surface area contributed by atoms with Crippen LogP contribution in [0.25, 0.3) is 0 Å². The first-order valence-corrected chi connectivity index (χ1v) is 7.12. The molecule has 1 aliphatic rings. The van der Waals surface area contributed by atoms with Gasteiger partial charge in [0, 0.05) is 11.4 Å². The molecular weight excluding hydrogens is 228 g/mol. The lowest BCUT2D eigenvalue weighted by Gasteiger charge is -2.11. The first-order valence-electron chi connectivity index (χ1n) is 5.89. The zero-order chi connectivity index (χ0) is 12.5. The number of hydrogen-bond donors (Lipinski definition) is 1. The van der Waals surface area contributed by atoms with Crippen LogP contribution in [-0.2, 0) is 0 Å². The van der Waals surface area contributed by atoms with Crippen molar-refractivity contribution in [2.24, 2.45) is 11.3 Å². The number of benzene rings is 1. The summed E-state index contributed by atoms with van der Waals surface area (Å²) in [5.41, 5.74) is 2.23. The SMILES string of the molecule is CSc1cccc(NCC2CC2(C)C)c1C#N. The van der Waals surface area contributed by atoms with Crippen molar-refractivity contribution in [1.29, 1.82) is 5.26 Å². The van der Waals surface area contributed by atoms with Gasteiger partial charge in [0.15, 0.2) is 0 Å². The van der Waals surface area contributed by atoms with Crippen LogP contribution >= 0.6 is 11.8 Å². The second-order valence-electron chi connectivity index (χ2n) is 5.27. The molecule has 1 atom stereocenters. The van der Waals surface area contributed by atoms with Gasteiger partial charge in [-0.05, 0) is 36.1 Å². The number of thioether (sulfide) groups is 1. The molecule has 0 bridgehead atoms. The predicted octanol–water partition coefficient (Wildman–Crippen LogP) is 3.74. The third kappa shape index (κ3) is 2.58. The molecule has 1 aromatic rings. The Kier molecular flexibility index (Phi) is 3.35. The third-order valence-corrected chi connectivity index (χ3v) is 4.39. The van der Waals surface area contributed by atoms with Crippen LogP contribution in [0.15, 0.2) is 23.1 Å². The fourth-order valence-electron chi connectivity index (χ4n) is 2.12. The summed E-state index contributed by atoms with van der Waals surface area (Å²) in [5.74, 6) is 0.743. The summed E-state index contributed by atoms with van der Waals surface area (Å²) in [5, 5.41) is 12.6. The van der Waals surface area contributed by atoms with E-state index in [1.807, 2.05) is 24.5 Å². The maximum atomic E-state index is 9.21. The van der Waals surface area contributed by atoms with E-state index in [1.54, 1.807) is 11.8 Å². The molecule has 0 spiro atoms. The number of nitrogens with zero attached hydrogens (tertiary/aromatic N) is 1. The minimum Gasteiger partial charge on any atom is -0.384 e. The number of nitriles is 1. The summed E-state index contributed by atoms with van der Waals surface area (Å²) in [7, 11) is 0. The highest BCUT2D eigenvalue weighted by Gasteiger charge is 2.44. The minimum atomic E-state index is 0.483. The van der Waals surface area contributed by atoms with Crippen molar-refractivity contribution < 1.29 is 0 Å². The minimum absolute atomic E-state index is 0.483. The van der Waals surface area contributed by atoms with Crippen molar-refractivity contribution in [2.75, 3.05) is 18.1 Å². The van der Waals surface area contributed by atoms with Crippen LogP contribution in [0.5, 0.6) is 0 Å². The zero-order valence-electron chi connectivity index (χ0n) is 10.6. The summed E-state index contributed by atoms with van der Waals surface area (Å²) in [6.07, 6.45) is 3.29. The van der Waals surface area contributed by atoms with Gasteiger partial charge >= 0.3 is 0 Å². The molecule has 1 aliphatic carbocycles. The quantitative estimate of drug-likeness (QED) is 0.822. The summed E-state index contributed by atoms with van der Waals surface area (Å²) in [6, 6.07) is 8.29. The largest absolute Gasteiger partial charge is 0.384 e. The highest BCUT2D eigenvalue weighted by atomic mass is 32.2. The molecule has 1 fully saturated rings. The first-order chi connectivity index (χ1) is 8.08. The standard InChI is InChI=1S/C14H18N2S/c1-14(2)7-10(14)9-16-12-5-4-6-13(17-3)11(12)8-15/h4-6,10,16H,7,9H2,1-3H3. The molecule has 0 radical (unpaired) electrons. The summed E-state index contributed by atoms with van der Waals surface area (Å²) < 4.78 is 0. The summed E-state index contributed by atoms with van der Waals surface area (Å²) in [4.78, 5) is 1.05. The van der Waals surface area contributed by atoms with Gasteiger partial charge in [-0.2, -0.15) is 5.26 Å². The van der Waals surface area contributed by atoms with Gasteiger partial charge in [0.2, 0.25) is 0 Å². The molecule has 2 nitrogen and oxygen atoms in total. The lowest BCUT2D eigenvalue weighted by atomic mass is 10.1. The third-order valence-electron chi connectivity index (χ3n) is 3.61. The van der Waals surface area contributed by atoms with Crippen molar-refractivity contribution in [3.8, 4) is 6.07 Å². The number of anilines is 1. The monoisotopic (exact) mass is 246 g/mol. The molecule has 0 saturated heterocycles. The van der Waals surface area contributed by atoms with Crippen LogP contribution in [0.3, 0.4) is 0 Å². The lowest BCUT2D eigenvalue weighted by molar-refractivity contribution is 0.573. The second-order valence-corrected chi connectivity index (χ2v) is 6.11. The Morgan fingerprint density at radius 2 is 2.24 bits per heavy atom. The molecule has 1 aromatic carbocycles. The molecule has 1 N–H and O–H groups in total. The number of nitrogens with one attached hydrogen (secondary N) is 1. The molecule has 0 aliphatic heterocycles. The number of hydrogen-bond acceptors (Lipinski definition) is 3. The topological polar surface area (TPSA) is 35.8 Å². The van der Waals surface area contributed by atoms with E-state index in [2.05, 4.69) is 25.2 Å². The van der Waals surface area contributed by atoms with Crippen LogP contribution in [0.4, 0.5) is 5.69 Å². The Labute approximate surface area is 107 Å². The van der Waals surface area contributed by atoms with Crippen molar-refractivity contribution in [1.82, 2.24) is 0 Å². The van der Waals surface area contributed by atoms with Crippen LogP contribution < -0.4 is 5.32 Å². The molecule has 0 heterocycles. The average molecular weight is 246 g/mol. The van der Waals surface area contributed by atoms with Crippen LogP contribution in [0, 0.1) is 22.7 Å². The molecule has 90 valence electrons. The van der Waals surface area contributed by atoms with Crippen molar-refractivity contribution >= 4 is 17.4 Å². The molecule has 3 heteroatoms. The Morgan fingerprint density at radius 3 is 2.76 bits per heavy atom. The van der Waals surface area contributed by atoms with E-state index in [0.29, 0.717) is 5.41 Å². The zero-order valence-corrected chi connectivity index (χ0v) is 11.4. The molecular formula is C14H18N2S. The van der Waals surface area contributed by atoms with Crippen molar-refractivity contribution in [3.05, 3.63) is 23.8 Å². The predicted molar refractivity (Wildman–Crippen MR) is 73.3 cm³/mol. The molecule has 17 heavy (non-hydrogen) atoms. The first kappa shape index (κ1) is 12.3. The molecule has 0 aromatic heterocycles. The van der Waals surface area contributed by atoms with E-state index in [0.717, 1.165) is 28.6 Å². The Hall–Kier alpha value is -1.14. The van der Waals surface area contributed by atoms with Gasteiger partial charge in [0.05, 0.1) is 11.3 Å². The molecule has 2 rings (SSSR count). The van der Waals surface area contributed by atoms with Crippen LogP contribution in [0.2, 0.25) is 0 Å². The fourth-order valence-corrected chi connectivity index (χ4v) is 2.70. The highest BCUT2D eigenvalue weighted by Crippen LogP contribution is 2.51. The van der Waals surface area contributed by atoms with E-state index in [-0.39, 0.29) is 0 Å². The Bertz CT molecular complexity index is 460. The maximum Gasteiger partial charge on any atom is 0.102 e. The average Bonchev–Trinajstić information content (AvgIpc) is 2.93.